The summed E-state index contributed by atoms with van der Waals surface area (Å²) in [5.74, 6) is 1.40. The summed E-state index contributed by atoms with van der Waals surface area (Å²) in [6.07, 6.45) is 5.13. The zero-order valence-electron chi connectivity index (χ0n) is 9.45. The molecule has 1 unspecified atom stereocenters. The highest BCUT2D eigenvalue weighted by Gasteiger charge is 2.17. The quantitative estimate of drug-likeness (QED) is 0.794. The smallest absolute Gasteiger partial charge is 0.00462 e. The van der Waals surface area contributed by atoms with E-state index >= 15 is 0 Å². The van der Waals surface area contributed by atoms with Crippen LogP contribution in [-0.2, 0) is 0 Å². The van der Waals surface area contributed by atoms with E-state index in [0.29, 0.717) is 5.92 Å². The van der Waals surface area contributed by atoms with Crippen LogP contribution in [0.25, 0.3) is 0 Å². The maximum absolute atomic E-state index is 3.41. The van der Waals surface area contributed by atoms with E-state index in [1.54, 1.807) is 0 Å². The van der Waals surface area contributed by atoms with E-state index in [9.17, 15) is 0 Å². The first-order valence-corrected chi connectivity index (χ1v) is 5.97. The van der Waals surface area contributed by atoms with Gasteiger partial charge >= 0.3 is 0 Å². The van der Waals surface area contributed by atoms with Crippen molar-refractivity contribution in [2.75, 3.05) is 13.1 Å². The predicted octanol–water partition coefficient (Wildman–Crippen LogP) is 2.99. The number of nitrogens with one attached hydrogen (secondary N) is 1. The highest BCUT2D eigenvalue weighted by atomic mass is 14.9. The normalized spacial score (nSPS) is 20.1. The summed E-state index contributed by atoms with van der Waals surface area (Å²) < 4.78 is 0. The van der Waals surface area contributed by atoms with Gasteiger partial charge in [0.25, 0.3) is 0 Å². The van der Waals surface area contributed by atoms with Crippen molar-refractivity contribution in [2.45, 2.75) is 25.7 Å². The molecule has 1 N–H and O–H groups in total. The third-order valence-corrected chi connectivity index (χ3v) is 3.27. The van der Waals surface area contributed by atoms with E-state index in [1.165, 1.54) is 31.5 Å². The Kier molecular flexibility index (Phi) is 3.79. The summed E-state index contributed by atoms with van der Waals surface area (Å²) in [5, 5.41) is 3.41. The molecule has 1 heterocycles. The molecular weight excluding hydrogens is 182 g/mol. The predicted molar refractivity (Wildman–Crippen MR) is 64.8 cm³/mol. The molecule has 0 saturated carbocycles. The van der Waals surface area contributed by atoms with Crippen molar-refractivity contribution in [2.24, 2.45) is 5.92 Å². The lowest BCUT2D eigenvalue weighted by Crippen LogP contribution is -2.28. The molecule has 0 bridgehead atoms. The molecule has 15 heavy (non-hydrogen) atoms. The molecule has 0 amide bonds. The molecule has 1 heteroatoms. The van der Waals surface area contributed by atoms with Crippen molar-refractivity contribution in [1.29, 1.82) is 0 Å². The monoisotopic (exact) mass is 202 g/mol. The second-order valence-electron chi connectivity index (χ2n) is 4.48. The Labute approximate surface area is 92.9 Å². The number of hydrogen-bond donors (Lipinski definition) is 1. The summed E-state index contributed by atoms with van der Waals surface area (Å²) in [6, 6.07) is 10.8. The fourth-order valence-corrected chi connectivity index (χ4v) is 2.31. The second-order valence-corrected chi connectivity index (χ2v) is 4.48. The van der Waals surface area contributed by atoms with Gasteiger partial charge in [0, 0.05) is 0 Å². The fourth-order valence-electron chi connectivity index (χ4n) is 2.31. The van der Waals surface area contributed by atoms with Gasteiger partial charge in [0.15, 0.2) is 0 Å². The third kappa shape index (κ3) is 3.07. The Morgan fingerprint density at radius 2 is 1.87 bits per heavy atom. The minimum Gasteiger partial charge on any atom is -0.317 e. The molecule has 1 atom stereocenters. The first kappa shape index (κ1) is 10.7. The highest BCUT2D eigenvalue weighted by Crippen LogP contribution is 2.26. The maximum Gasteiger partial charge on any atom is -0.00462 e. The van der Waals surface area contributed by atoms with Crippen LogP contribution in [0.15, 0.2) is 30.3 Å². The molecule has 1 aliphatic heterocycles. The minimum absolute atomic E-state index is 0.592. The molecule has 1 radical (unpaired) electrons. The van der Waals surface area contributed by atoms with Crippen molar-refractivity contribution >= 4 is 0 Å². The van der Waals surface area contributed by atoms with Gasteiger partial charge in [-0.2, -0.15) is 0 Å². The number of benzene rings is 1. The standard InChI is InChI=1S/C14H20N/c1-12(14-5-3-2-4-6-14)11-13-7-9-15-10-8-13/h2-6,11-13,15H,7-10H2,1H3. The Morgan fingerprint density at radius 3 is 2.53 bits per heavy atom. The van der Waals surface area contributed by atoms with Crippen molar-refractivity contribution in [3.8, 4) is 0 Å². The van der Waals surface area contributed by atoms with Gasteiger partial charge in [0.1, 0.15) is 0 Å². The zero-order chi connectivity index (χ0) is 10.5. The van der Waals surface area contributed by atoms with Crippen molar-refractivity contribution in [1.82, 2.24) is 5.32 Å². The summed E-state index contributed by atoms with van der Waals surface area (Å²) in [6.45, 7) is 4.67. The first-order valence-electron chi connectivity index (χ1n) is 5.97. The number of piperidine rings is 1. The average Bonchev–Trinajstić information content (AvgIpc) is 2.31. The van der Waals surface area contributed by atoms with E-state index < -0.39 is 0 Å². The van der Waals surface area contributed by atoms with Crippen LogP contribution in [-0.4, -0.2) is 13.1 Å². The molecule has 1 aromatic carbocycles. The number of hydrogen-bond acceptors (Lipinski definition) is 1. The maximum atomic E-state index is 3.41. The van der Waals surface area contributed by atoms with Crippen molar-refractivity contribution < 1.29 is 0 Å². The molecule has 1 fully saturated rings. The van der Waals surface area contributed by atoms with Gasteiger partial charge in [-0.25, -0.2) is 0 Å². The van der Waals surface area contributed by atoms with E-state index in [0.717, 1.165) is 5.92 Å². The first-order chi connectivity index (χ1) is 7.36. The van der Waals surface area contributed by atoms with Crippen LogP contribution in [0.1, 0.15) is 31.2 Å². The molecular formula is C14H20N. The van der Waals surface area contributed by atoms with Gasteiger partial charge in [-0.3, -0.25) is 0 Å². The minimum atomic E-state index is 0.592. The van der Waals surface area contributed by atoms with Crippen molar-refractivity contribution in [3.63, 3.8) is 0 Å². The van der Waals surface area contributed by atoms with Crippen molar-refractivity contribution in [3.05, 3.63) is 42.3 Å². The van der Waals surface area contributed by atoms with Gasteiger partial charge in [-0.05, 0) is 49.8 Å². The molecule has 1 aliphatic rings. The Balaban J connectivity index is 1.88. The van der Waals surface area contributed by atoms with Crippen LogP contribution in [0.3, 0.4) is 0 Å². The lowest BCUT2D eigenvalue weighted by atomic mass is 9.85. The van der Waals surface area contributed by atoms with E-state index in [4.69, 9.17) is 0 Å². The number of rotatable bonds is 3. The van der Waals surface area contributed by atoms with Crippen LogP contribution in [0.5, 0.6) is 0 Å². The van der Waals surface area contributed by atoms with Crippen LogP contribution in [0, 0.1) is 12.3 Å². The largest absolute Gasteiger partial charge is 0.317 e. The molecule has 0 aromatic heterocycles. The molecule has 1 saturated heterocycles. The zero-order valence-corrected chi connectivity index (χ0v) is 9.45. The topological polar surface area (TPSA) is 12.0 Å². The van der Waals surface area contributed by atoms with E-state index in [2.05, 4.69) is 49.0 Å². The van der Waals surface area contributed by atoms with Gasteiger partial charge < -0.3 is 5.32 Å². The van der Waals surface area contributed by atoms with Gasteiger partial charge in [0.05, 0.1) is 0 Å². The van der Waals surface area contributed by atoms with Crippen LogP contribution in [0.4, 0.5) is 0 Å². The third-order valence-electron chi connectivity index (χ3n) is 3.27. The lowest BCUT2D eigenvalue weighted by Gasteiger charge is -2.25. The molecule has 81 valence electrons. The lowest BCUT2D eigenvalue weighted by molar-refractivity contribution is 0.401. The van der Waals surface area contributed by atoms with Gasteiger partial charge in [0.2, 0.25) is 0 Å². The Hall–Kier alpha value is -0.820. The highest BCUT2D eigenvalue weighted by molar-refractivity contribution is 5.21. The van der Waals surface area contributed by atoms with Crippen LogP contribution < -0.4 is 5.32 Å². The molecule has 2 rings (SSSR count). The Bertz CT molecular complexity index is 275. The summed E-state index contributed by atoms with van der Waals surface area (Å²) in [5.41, 5.74) is 1.44. The Morgan fingerprint density at radius 1 is 1.20 bits per heavy atom. The molecule has 1 aromatic rings. The van der Waals surface area contributed by atoms with Gasteiger partial charge in [-0.1, -0.05) is 37.3 Å². The van der Waals surface area contributed by atoms with E-state index in [-0.39, 0.29) is 0 Å². The SMILES string of the molecule is CC([CH]C1CCNCC1)c1ccccc1. The molecule has 0 spiro atoms. The van der Waals surface area contributed by atoms with E-state index in [1.807, 2.05) is 0 Å². The molecule has 1 nitrogen and oxygen atoms in total. The fraction of sp³-hybridized carbons (Fsp3) is 0.500. The molecule has 0 aliphatic carbocycles. The van der Waals surface area contributed by atoms with Crippen LogP contribution in [0.2, 0.25) is 0 Å². The summed E-state index contributed by atoms with van der Waals surface area (Å²) in [4.78, 5) is 0. The second kappa shape index (κ2) is 5.32. The van der Waals surface area contributed by atoms with Gasteiger partial charge in [-0.15, -0.1) is 0 Å². The van der Waals surface area contributed by atoms with Crippen LogP contribution >= 0.6 is 0 Å². The average molecular weight is 202 g/mol. The summed E-state index contributed by atoms with van der Waals surface area (Å²) in [7, 11) is 0. The summed E-state index contributed by atoms with van der Waals surface area (Å²) >= 11 is 0.